The van der Waals surface area contributed by atoms with E-state index in [-0.39, 0.29) is 11.4 Å². The standard InChI is InChI=1S/C14H19F3N2O/c1-9(12(20)19-13(2,3)4)18-11-7-5-10(6-8-11)14(15,16)17/h5-9,18H,1-4H3,(H,19,20). The van der Waals surface area contributed by atoms with Crippen molar-refractivity contribution >= 4 is 11.6 Å². The number of carbonyl (C=O) groups is 1. The van der Waals surface area contributed by atoms with Gasteiger partial charge in [-0.3, -0.25) is 4.79 Å². The molecule has 2 N–H and O–H groups in total. The van der Waals surface area contributed by atoms with E-state index >= 15 is 0 Å². The summed E-state index contributed by atoms with van der Waals surface area (Å²) in [5.41, 5.74) is -0.600. The molecule has 0 aliphatic carbocycles. The molecular weight excluding hydrogens is 269 g/mol. The molecule has 0 radical (unpaired) electrons. The molecule has 6 heteroatoms. The summed E-state index contributed by atoms with van der Waals surface area (Å²) < 4.78 is 37.2. The quantitative estimate of drug-likeness (QED) is 0.894. The Morgan fingerprint density at radius 2 is 1.60 bits per heavy atom. The highest BCUT2D eigenvalue weighted by atomic mass is 19.4. The van der Waals surface area contributed by atoms with Gasteiger partial charge in [0, 0.05) is 11.2 Å². The van der Waals surface area contributed by atoms with Gasteiger partial charge in [0.2, 0.25) is 5.91 Å². The van der Waals surface area contributed by atoms with E-state index in [1.807, 2.05) is 20.8 Å². The fraction of sp³-hybridized carbons (Fsp3) is 0.500. The average Bonchev–Trinajstić information content (AvgIpc) is 2.26. The van der Waals surface area contributed by atoms with Gasteiger partial charge in [-0.1, -0.05) is 0 Å². The Hall–Kier alpha value is -1.72. The predicted molar refractivity (Wildman–Crippen MR) is 72.4 cm³/mol. The fourth-order valence-electron chi connectivity index (χ4n) is 1.55. The maximum atomic E-state index is 12.4. The molecular formula is C14H19F3N2O. The minimum absolute atomic E-state index is 0.211. The summed E-state index contributed by atoms with van der Waals surface area (Å²) in [5.74, 6) is -0.211. The zero-order chi connectivity index (χ0) is 15.6. The highest BCUT2D eigenvalue weighted by Gasteiger charge is 2.30. The summed E-state index contributed by atoms with van der Waals surface area (Å²) >= 11 is 0. The molecule has 1 unspecified atom stereocenters. The Morgan fingerprint density at radius 1 is 1.10 bits per heavy atom. The minimum atomic E-state index is -4.35. The zero-order valence-corrected chi connectivity index (χ0v) is 11.9. The number of amides is 1. The first kappa shape index (κ1) is 16.3. The third-order valence-corrected chi connectivity index (χ3v) is 2.49. The lowest BCUT2D eigenvalue weighted by molar-refractivity contribution is -0.137. The molecule has 112 valence electrons. The number of alkyl halides is 3. The van der Waals surface area contributed by atoms with Crippen LogP contribution in [0.4, 0.5) is 18.9 Å². The SMILES string of the molecule is CC(Nc1ccc(C(F)(F)F)cc1)C(=O)NC(C)(C)C. The molecule has 20 heavy (non-hydrogen) atoms. The van der Waals surface area contributed by atoms with Gasteiger partial charge in [0.05, 0.1) is 5.56 Å². The van der Waals surface area contributed by atoms with Crippen molar-refractivity contribution in [2.45, 2.75) is 45.5 Å². The Morgan fingerprint density at radius 3 is 2.00 bits per heavy atom. The zero-order valence-electron chi connectivity index (χ0n) is 11.9. The summed E-state index contributed by atoms with van der Waals surface area (Å²) in [6.45, 7) is 7.22. The summed E-state index contributed by atoms with van der Waals surface area (Å²) in [6, 6.07) is 4.05. The van der Waals surface area contributed by atoms with Crippen LogP contribution < -0.4 is 10.6 Å². The molecule has 1 amide bonds. The minimum Gasteiger partial charge on any atom is -0.374 e. The summed E-state index contributed by atoms with van der Waals surface area (Å²) in [6.07, 6.45) is -4.35. The lowest BCUT2D eigenvalue weighted by Crippen LogP contribution is -2.47. The van der Waals surface area contributed by atoms with Crippen molar-refractivity contribution in [2.24, 2.45) is 0 Å². The van der Waals surface area contributed by atoms with Crippen molar-refractivity contribution < 1.29 is 18.0 Å². The lowest BCUT2D eigenvalue weighted by Gasteiger charge is -2.24. The molecule has 0 saturated carbocycles. The largest absolute Gasteiger partial charge is 0.416 e. The normalized spacial score (nSPS) is 13.8. The van der Waals surface area contributed by atoms with Crippen LogP contribution in [-0.2, 0) is 11.0 Å². The predicted octanol–water partition coefficient (Wildman–Crippen LogP) is 3.42. The van der Waals surface area contributed by atoms with E-state index in [0.717, 1.165) is 12.1 Å². The van der Waals surface area contributed by atoms with Crippen molar-refractivity contribution in [3.8, 4) is 0 Å². The molecule has 0 aromatic heterocycles. The van der Waals surface area contributed by atoms with Gasteiger partial charge in [0.25, 0.3) is 0 Å². The van der Waals surface area contributed by atoms with E-state index in [9.17, 15) is 18.0 Å². The third-order valence-electron chi connectivity index (χ3n) is 2.49. The van der Waals surface area contributed by atoms with Crippen molar-refractivity contribution in [3.05, 3.63) is 29.8 Å². The van der Waals surface area contributed by atoms with Crippen molar-refractivity contribution in [1.29, 1.82) is 0 Å². The molecule has 0 spiro atoms. The second-order valence-corrected chi connectivity index (χ2v) is 5.68. The van der Waals surface area contributed by atoms with Gasteiger partial charge < -0.3 is 10.6 Å². The molecule has 0 saturated heterocycles. The smallest absolute Gasteiger partial charge is 0.374 e. The van der Waals surface area contributed by atoms with E-state index in [1.54, 1.807) is 6.92 Å². The highest BCUT2D eigenvalue weighted by Crippen LogP contribution is 2.29. The van der Waals surface area contributed by atoms with Crippen LogP contribution >= 0.6 is 0 Å². The van der Waals surface area contributed by atoms with Crippen LogP contribution in [0.3, 0.4) is 0 Å². The van der Waals surface area contributed by atoms with E-state index in [0.29, 0.717) is 5.69 Å². The van der Waals surface area contributed by atoms with Gasteiger partial charge in [0.1, 0.15) is 6.04 Å². The number of benzene rings is 1. The molecule has 1 atom stereocenters. The number of rotatable bonds is 3. The monoisotopic (exact) mass is 288 g/mol. The van der Waals surface area contributed by atoms with E-state index in [2.05, 4.69) is 10.6 Å². The summed E-state index contributed by atoms with van der Waals surface area (Å²) in [5, 5.41) is 5.66. The Kier molecular flexibility index (Phi) is 4.68. The topological polar surface area (TPSA) is 41.1 Å². The van der Waals surface area contributed by atoms with Gasteiger partial charge in [-0.15, -0.1) is 0 Å². The molecule has 0 fully saturated rings. The molecule has 0 bridgehead atoms. The molecule has 1 aromatic carbocycles. The number of nitrogens with one attached hydrogen (secondary N) is 2. The van der Waals surface area contributed by atoms with Gasteiger partial charge in [-0.2, -0.15) is 13.2 Å². The van der Waals surface area contributed by atoms with Gasteiger partial charge in [-0.25, -0.2) is 0 Å². The Bertz CT molecular complexity index is 461. The van der Waals surface area contributed by atoms with Gasteiger partial charge in [-0.05, 0) is 52.0 Å². The van der Waals surface area contributed by atoms with Crippen molar-refractivity contribution in [3.63, 3.8) is 0 Å². The second kappa shape index (κ2) is 5.73. The van der Waals surface area contributed by atoms with E-state index in [4.69, 9.17) is 0 Å². The number of hydrogen-bond acceptors (Lipinski definition) is 2. The second-order valence-electron chi connectivity index (χ2n) is 5.68. The molecule has 0 aliphatic heterocycles. The first-order chi connectivity index (χ1) is 8.99. The van der Waals surface area contributed by atoms with Gasteiger partial charge in [0.15, 0.2) is 0 Å². The van der Waals surface area contributed by atoms with Crippen LogP contribution in [0, 0.1) is 0 Å². The van der Waals surface area contributed by atoms with Gasteiger partial charge >= 0.3 is 6.18 Å². The maximum absolute atomic E-state index is 12.4. The number of halogens is 3. The van der Waals surface area contributed by atoms with Crippen LogP contribution in [0.2, 0.25) is 0 Å². The molecule has 0 aliphatic rings. The number of anilines is 1. The third kappa shape index (κ3) is 5.11. The molecule has 1 aromatic rings. The summed E-state index contributed by atoms with van der Waals surface area (Å²) in [4.78, 5) is 11.8. The van der Waals surface area contributed by atoms with Crippen molar-refractivity contribution in [1.82, 2.24) is 5.32 Å². The molecule has 1 rings (SSSR count). The van der Waals surface area contributed by atoms with Crippen LogP contribution in [0.15, 0.2) is 24.3 Å². The first-order valence-electron chi connectivity index (χ1n) is 6.25. The first-order valence-corrected chi connectivity index (χ1v) is 6.25. The molecule has 0 heterocycles. The van der Waals surface area contributed by atoms with E-state index in [1.165, 1.54) is 12.1 Å². The van der Waals surface area contributed by atoms with Crippen LogP contribution in [0.5, 0.6) is 0 Å². The Labute approximate surface area is 116 Å². The van der Waals surface area contributed by atoms with Crippen molar-refractivity contribution in [2.75, 3.05) is 5.32 Å². The number of carbonyl (C=O) groups excluding carboxylic acids is 1. The summed E-state index contributed by atoms with van der Waals surface area (Å²) in [7, 11) is 0. The van der Waals surface area contributed by atoms with E-state index < -0.39 is 17.8 Å². The highest BCUT2D eigenvalue weighted by molar-refractivity contribution is 5.84. The number of hydrogen-bond donors (Lipinski definition) is 2. The fourth-order valence-corrected chi connectivity index (χ4v) is 1.55. The Balaban J connectivity index is 2.67. The average molecular weight is 288 g/mol. The van der Waals surface area contributed by atoms with Crippen LogP contribution in [-0.4, -0.2) is 17.5 Å². The maximum Gasteiger partial charge on any atom is 0.416 e. The van der Waals surface area contributed by atoms with Crippen LogP contribution in [0.25, 0.3) is 0 Å². The van der Waals surface area contributed by atoms with Crippen LogP contribution in [0.1, 0.15) is 33.3 Å². The molecule has 3 nitrogen and oxygen atoms in total. The lowest BCUT2D eigenvalue weighted by atomic mass is 10.1.